The van der Waals surface area contributed by atoms with Crippen LogP contribution in [0.2, 0.25) is 0 Å². The zero-order valence-electron chi connectivity index (χ0n) is 15.1. The number of hydroxylamine groups is 3. The van der Waals surface area contributed by atoms with Crippen LogP contribution in [0.5, 0.6) is 0 Å². The molecule has 132 valence electrons. The minimum absolute atomic E-state index is 0.184. The van der Waals surface area contributed by atoms with E-state index < -0.39 is 0 Å². The van der Waals surface area contributed by atoms with Crippen LogP contribution in [0.15, 0.2) is 12.2 Å². The van der Waals surface area contributed by atoms with E-state index in [0.29, 0.717) is 18.6 Å². The number of allylic oxidation sites excluding steroid dienone is 1. The number of quaternary nitrogens is 1. The molecule has 3 aliphatic rings. The summed E-state index contributed by atoms with van der Waals surface area (Å²) in [5.41, 5.74) is 0. The van der Waals surface area contributed by atoms with Crippen molar-refractivity contribution in [3.05, 3.63) is 17.4 Å². The van der Waals surface area contributed by atoms with Gasteiger partial charge in [0.1, 0.15) is 0 Å². The summed E-state index contributed by atoms with van der Waals surface area (Å²) in [6.45, 7) is 1.68. The molecule has 3 nitrogen and oxygen atoms in total. The molecule has 0 radical (unpaired) electrons. The number of nitrogens with zero attached hydrogens (tertiary/aromatic N) is 1. The predicted molar refractivity (Wildman–Crippen MR) is 94.7 cm³/mol. The van der Waals surface area contributed by atoms with Crippen molar-refractivity contribution in [3.8, 4) is 0 Å². The SMILES string of the molecule is C[N+](C)([O-])CC/C=C/C1C2CCCCC2COC2CCCCC21. The molecule has 23 heavy (non-hydrogen) atoms. The zero-order chi connectivity index (χ0) is 16.3. The summed E-state index contributed by atoms with van der Waals surface area (Å²) in [4.78, 5) is 0. The molecular formula is C20H35NO2. The highest BCUT2D eigenvalue weighted by Crippen LogP contribution is 2.47. The second-order valence-electron chi connectivity index (χ2n) is 8.62. The third kappa shape index (κ3) is 4.58. The van der Waals surface area contributed by atoms with E-state index in [4.69, 9.17) is 4.74 Å². The van der Waals surface area contributed by atoms with Crippen molar-refractivity contribution < 1.29 is 9.38 Å². The zero-order valence-corrected chi connectivity index (χ0v) is 15.1. The lowest BCUT2D eigenvalue weighted by Gasteiger charge is -2.39. The van der Waals surface area contributed by atoms with Gasteiger partial charge in [0.2, 0.25) is 0 Å². The third-order valence-corrected chi connectivity index (χ3v) is 6.43. The maximum atomic E-state index is 11.7. The van der Waals surface area contributed by atoms with Gasteiger partial charge in [0.05, 0.1) is 33.4 Å². The molecule has 2 saturated carbocycles. The Labute approximate surface area is 142 Å². The van der Waals surface area contributed by atoms with Crippen molar-refractivity contribution in [1.82, 2.24) is 0 Å². The Morgan fingerprint density at radius 2 is 1.70 bits per heavy atom. The molecule has 1 heterocycles. The minimum Gasteiger partial charge on any atom is -0.633 e. The van der Waals surface area contributed by atoms with Crippen molar-refractivity contribution >= 4 is 0 Å². The van der Waals surface area contributed by atoms with Gasteiger partial charge in [-0.15, -0.1) is 0 Å². The second kappa shape index (κ2) is 7.67. The normalized spacial score (nSPS) is 38.8. The molecule has 0 N–H and O–H groups in total. The van der Waals surface area contributed by atoms with Crippen LogP contribution in [-0.4, -0.2) is 38.0 Å². The first-order valence-electron chi connectivity index (χ1n) is 9.87. The number of hydrogen-bond donors (Lipinski definition) is 0. The quantitative estimate of drug-likeness (QED) is 0.433. The van der Waals surface area contributed by atoms with E-state index in [1.54, 1.807) is 14.1 Å². The first-order chi connectivity index (χ1) is 11.0. The van der Waals surface area contributed by atoms with E-state index >= 15 is 0 Å². The maximum absolute atomic E-state index is 11.7. The summed E-state index contributed by atoms with van der Waals surface area (Å²) in [6, 6.07) is 0. The monoisotopic (exact) mass is 321 g/mol. The van der Waals surface area contributed by atoms with Gasteiger partial charge in [0.15, 0.2) is 0 Å². The van der Waals surface area contributed by atoms with Crippen molar-refractivity contribution in [2.75, 3.05) is 27.2 Å². The lowest BCUT2D eigenvalue weighted by Crippen LogP contribution is -2.35. The molecule has 3 rings (SSSR count). The van der Waals surface area contributed by atoms with Crippen LogP contribution in [0.25, 0.3) is 0 Å². The fourth-order valence-electron chi connectivity index (χ4n) is 5.21. The van der Waals surface area contributed by atoms with Gasteiger partial charge in [-0.25, -0.2) is 0 Å². The Hall–Kier alpha value is -0.380. The van der Waals surface area contributed by atoms with E-state index in [9.17, 15) is 5.21 Å². The predicted octanol–water partition coefficient (Wildman–Crippen LogP) is 4.52. The fourth-order valence-corrected chi connectivity index (χ4v) is 5.21. The van der Waals surface area contributed by atoms with E-state index in [1.165, 1.54) is 51.4 Å². The Kier molecular flexibility index (Phi) is 5.82. The average molecular weight is 322 g/mol. The van der Waals surface area contributed by atoms with Crippen LogP contribution in [0.3, 0.4) is 0 Å². The summed E-state index contributed by atoms with van der Waals surface area (Å²) in [7, 11) is 3.48. The van der Waals surface area contributed by atoms with Crippen LogP contribution < -0.4 is 0 Å². The molecule has 0 spiro atoms. The Balaban J connectivity index is 1.71. The molecule has 0 aromatic carbocycles. The molecule has 1 saturated heterocycles. The number of rotatable bonds is 4. The summed E-state index contributed by atoms with van der Waals surface area (Å²) in [6.07, 6.45) is 17.1. The standard InChI is InChI=1S/C20H35NO2/c1-21(2,22)14-8-7-11-18-17-10-4-3-9-16(17)15-23-20-13-6-5-12-19(18)20/h7,11,16-20H,3-6,8-10,12-15H2,1-2H3/b11-7+. The molecule has 3 heteroatoms. The summed E-state index contributed by atoms with van der Waals surface area (Å²) >= 11 is 0. The topological polar surface area (TPSA) is 32.3 Å². The van der Waals surface area contributed by atoms with Crippen LogP contribution >= 0.6 is 0 Å². The van der Waals surface area contributed by atoms with E-state index in [-0.39, 0.29) is 4.65 Å². The Morgan fingerprint density at radius 1 is 1.00 bits per heavy atom. The maximum Gasteiger partial charge on any atom is 0.0814 e. The van der Waals surface area contributed by atoms with Gasteiger partial charge in [-0.3, -0.25) is 0 Å². The van der Waals surface area contributed by atoms with Crippen LogP contribution in [0.1, 0.15) is 57.8 Å². The second-order valence-corrected chi connectivity index (χ2v) is 8.62. The van der Waals surface area contributed by atoms with Gasteiger partial charge in [-0.1, -0.05) is 37.8 Å². The fraction of sp³-hybridized carbons (Fsp3) is 0.900. The summed E-state index contributed by atoms with van der Waals surface area (Å²) < 4.78 is 6.20. The highest BCUT2D eigenvalue weighted by Gasteiger charge is 2.42. The molecular weight excluding hydrogens is 286 g/mol. The van der Waals surface area contributed by atoms with Gasteiger partial charge in [0, 0.05) is 6.42 Å². The highest BCUT2D eigenvalue weighted by molar-refractivity contribution is 5.02. The van der Waals surface area contributed by atoms with E-state index in [2.05, 4.69) is 12.2 Å². The first kappa shape index (κ1) is 17.4. The summed E-state index contributed by atoms with van der Waals surface area (Å²) in [5, 5.41) is 11.7. The van der Waals surface area contributed by atoms with Crippen molar-refractivity contribution in [3.63, 3.8) is 0 Å². The van der Waals surface area contributed by atoms with E-state index in [0.717, 1.165) is 30.8 Å². The molecule has 0 amide bonds. The Bertz CT molecular complexity index is 377. The van der Waals surface area contributed by atoms with Crippen LogP contribution in [-0.2, 0) is 4.74 Å². The molecule has 1 aliphatic heterocycles. The molecule has 5 unspecified atom stereocenters. The average Bonchev–Trinajstić information content (AvgIpc) is 2.68. The van der Waals surface area contributed by atoms with Crippen LogP contribution in [0, 0.1) is 28.9 Å². The van der Waals surface area contributed by atoms with Gasteiger partial charge in [-0.2, -0.15) is 0 Å². The molecule has 0 aromatic rings. The lowest BCUT2D eigenvalue weighted by atomic mass is 9.66. The van der Waals surface area contributed by atoms with Gasteiger partial charge in [-0.05, 0) is 49.4 Å². The largest absolute Gasteiger partial charge is 0.633 e. The summed E-state index contributed by atoms with van der Waals surface area (Å²) in [5.74, 6) is 3.01. The minimum atomic E-state index is -0.184. The molecule has 0 aromatic heterocycles. The Morgan fingerprint density at radius 3 is 2.48 bits per heavy atom. The van der Waals surface area contributed by atoms with Crippen molar-refractivity contribution in [1.29, 1.82) is 0 Å². The van der Waals surface area contributed by atoms with E-state index in [1.807, 2.05) is 0 Å². The van der Waals surface area contributed by atoms with Gasteiger partial charge >= 0.3 is 0 Å². The molecule has 0 bridgehead atoms. The highest BCUT2D eigenvalue weighted by atomic mass is 16.5. The smallest absolute Gasteiger partial charge is 0.0814 e. The molecule has 5 atom stereocenters. The number of hydrogen-bond acceptors (Lipinski definition) is 2. The molecule has 2 aliphatic carbocycles. The lowest BCUT2D eigenvalue weighted by molar-refractivity contribution is -0.839. The molecule has 3 fully saturated rings. The number of ether oxygens (including phenoxy) is 1. The number of fused-ring (bicyclic) bond motifs is 2. The van der Waals surface area contributed by atoms with Crippen molar-refractivity contribution in [2.24, 2.45) is 23.7 Å². The third-order valence-electron chi connectivity index (χ3n) is 6.43. The van der Waals surface area contributed by atoms with Crippen LogP contribution in [0.4, 0.5) is 0 Å². The van der Waals surface area contributed by atoms with Gasteiger partial charge < -0.3 is 14.6 Å². The van der Waals surface area contributed by atoms with Gasteiger partial charge in [0.25, 0.3) is 0 Å². The first-order valence-corrected chi connectivity index (χ1v) is 9.87. The van der Waals surface area contributed by atoms with Crippen molar-refractivity contribution in [2.45, 2.75) is 63.9 Å².